The summed E-state index contributed by atoms with van der Waals surface area (Å²) < 4.78 is 6.08. The third kappa shape index (κ3) is 4.22. The maximum atomic E-state index is 12.6. The summed E-state index contributed by atoms with van der Waals surface area (Å²) in [7, 11) is 0. The monoisotopic (exact) mass is 337 g/mol. The highest BCUT2D eigenvalue weighted by atomic mass is 16.5. The van der Waals surface area contributed by atoms with Crippen LogP contribution in [0.1, 0.15) is 55.5 Å². The number of carbonyl (C=O) groups excluding carboxylic acids is 1. The highest BCUT2D eigenvalue weighted by Crippen LogP contribution is 2.39. The fourth-order valence-corrected chi connectivity index (χ4v) is 3.43. The molecule has 0 bridgehead atoms. The van der Waals surface area contributed by atoms with Crippen LogP contribution in [0.5, 0.6) is 5.75 Å². The van der Waals surface area contributed by atoms with Gasteiger partial charge in [-0.15, -0.1) is 0 Å². The predicted molar refractivity (Wildman–Crippen MR) is 101 cm³/mol. The van der Waals surface area contributed by atoms with Crippen molar-refractivity contribution in [3.8, 4) is 5.75 Å². The van der Waals surface area contributed by atoms with Crippen molar-refractivity contribution in [2.24, 2.45) is 0 Å². The lowest BCUT2D eigenvalue weighted by molar-refractivity contribution is -0.121. The van der Waals surface area contributed by atoms with E-state index in [0.717, 1.165) is 29.7 Å². The summed E-state index contributed by atoms with van der Waals surface area (Å²) in [5.74, 6) is 0.929. The average molecular weight is 337 g/mol. The van der Waals surface area contributed by atoms with Crippen molar-refractivity contribution in [2.45, 2.75) is 58.6 Å². The first-order valence-corrected chi connectivity index (χ1v) is 9.03. The van der Waals surface area contributed by atoms with Gasteiger partial charge in [0, 0.05) is 12.0 Å². The molecule has 0 radical (unpaired) electrons. The molecule has 0 aliphatic carbocycles. The fraction of sp³-hybridized carbons (Fsp3) is 0.409. The Morgan fingerprint density at radius 3 is 2.52 bits per heavy atom. The van der Waals surface area contributed by atoms with Crippen LogP contribution in [-0.4, -0.2) is 11.5 Å². The van der Waals surface area contributed by atoms with Gasteiger partial charge in [-0.1, -0.05) is 48.9 Å². The van der Waals surface area contributed by atoms with Crippen LogP contribution in [0.4, 0.5) is 0 Å². The molecule has 0 unspecified atom stereocenters. The molecule has 1 amide bonds. The summed E-state index contributed by atoms with van der Waals surface area (Å²) in [4.78, 5) is 12.6. The highest BCUT2D eigenvalue weighted by molar-refractivity contribution is 5.79. The number of hydrogen-bond acceptors (Lipinski definition) is 2. The largest absolute Gasteiger partial charge is 0.487 e. The molecule has 0 fully saturated rings. The van der Waals surface area contributed by atoms with Crippen molar-refractivity contribution >= 4 is 5.91 Å². The fourth-order valence-electron chi connectivity index (χ4n) is 3.43. The minimum Gasteiger partial charge on any atom is -0.487 e. The van der Waals surface area contributed by atoms with Crippen LogP contribution in [0.2, 0.25) is 0 Å². The molecule has 2 aromatic carbocycles. The molecule has 0 saturated carbocycles. The van der Waals surface area contributed by atoms with E-state index >= 15 is 0 Å². The lowest BCUT2D eigenvalue weighted by atomic mass is 9.89. The zero-order chi connectivity index (χ0) is 18.0. The summed E-state index contributed by atoms with van der Waals surface area (Å²) in [5.41, 5.74) is 4.30. The van der Waals surface area contributed by atoms with Crippen LogP contribution >= 0.6 is 0 Å². The first kappa shape index (κ1) is 17.5. The van der Waals surface area contributed by atoms with Gasteiger partial charge in [-0.05, 0) is 44.4 Å². The van der Waals surface area contributed by atoms with Gasteiger partial charge >= 0.3 is 0 Å². The van der Waals surface area contributed by atoms with Crippen LogP contribution in [0.3, 0.4) is 0 Å². The third-order valence-electron chi connectivity index (χ3n) is 4.75. The minimum absolute atomic E-state index is 0.0129. The number of nitrogens with one attached hydrogen (secondary N) is 1. The molecule has 3 rings (SSSR count). The maximum Gasteiger partial charge on any atom is 0.224 e. The Balaban J connectivity index is 1.74. The Hall–Kier alpha value is -2.29. The lowest BCUT2D eigenvalue weighted by Crippen LogP contribution is -2.41. The first-order chi connectivity index (χ1) is 11.9. The van der Waals surface area contributed by atoms with E-state index in [4.69, 9.17) is 4.74 Å². The quantitative estimate of drug-likeness (QED) is 0.891. The number of hydrogen-bond donors (Lipinski definition) is 1. The van der Waals surface area contributed by atoms with Crippen LogP contribution in [0.25, 0.3) is 0 Å². The maximum absolute atomic E-state index is 12.6. The number of ether oxygens (including phenoxy) is 1. The topological polar surface area (TPSA) is 38.3 Å². The number of fused-ring (bicyclic) bond motifs is 1. The van der Waals surface area contributed by atoms with Crippen molar-refractivity contribution in [1.29, 1.82) is 0 Å². The number of rotatable bonds is 4. The molecule has 2 aromatic rings. The molecule has 1 N–H and O–H groups in total. The van der Waals surface area contributed by atoms with Crippen molar-refractivity contribution in [1.82, 2.24) is 5.32 Å². The molecule has 1 atom stereocenters. The molecule has 0 spiro atoms. The summed E-state index contributed by atoms with van der Waals surface area (Å²) >= 11 is 0. The van der Waals surface area contributed by atoms with Crippen molar-refractivity contribution < 1.29 is 9.53 Å². The van der Waals surface area contributed by atoms with E-state index in [1.807, 2.05) is 24.3 Å². The molecule has 1 aliphatic heterocycles. The Morgan fingerprint density at radius 1 is 1.16 bits per heavy atom. The summed E-state index contributed by atoms with van der Waals surface area (Å²) in [6, 6.07) is 14.4. The van der Waals surface area contributed by atoms with Gasteiger partial charge in [-0.3, -0.25) is 4.79 Å². The summed E-state index contributed by atoms with van der Waals surface area (Å²) in [6.45, 7) is 8.33. The van der Waals surface area contributed by atoms with Crippen LogP contribution in [0, 0.1) is 6.92 Å². The normalized spacial score (nSPS) is 18.2. The van der Waals surface area contributed by atoms with Crippen LogP contribution < -0.4 is 10.1 Å². The molecule has 3 heteroatoms. The number of aryl methyl sites for hydroxylation is 2. The Kier molecular flexibility index (Phi) is 4.85. The second-order valence-electron chi connectivity index (χ2n) is 7.57. The number of carbonyl (C=O) groups is 1. The summed E-state index contributed by atoms with van der Waals surface area (Å²) in [6.07, 6.45) is 2.19. The average Bonchev–Trinajstić information content (AvgIpc) is 2.55. The highest BCUT2D eigenvalue weighted by Gasteiger charge is 2.34. The van der Waals surface area contributed by atoms with Gasteiger partial charge < -0.3 is 10.1 Å². The van der Waals surface area contributed by atoms with Gasteiger partial charge in [0.15, 0.2) is 0 Å². The molecule has 0 aromatic heterocycles. The molecule has 0 saturated heterocycles. The van der Waals surface area contributed by atoms with E-state index in [2.05, 4.69) is 51.2 Å². The second kappa shape index (κ2) is 6.91. The Morgan fingerprint density at radius 2 is 1.84 bits per heavy atom. The zero-order valence-corrected chi connectivity index (χ0v) is 15.6. The van der Waals surface area contributed by atoms with E-state index in [0.29, 0.717) is 6.42 Å². The first-order valence-electron chi connectivity index (χ1n) is 9.03. The number of amides is 1. The SMILES string of the molecule is CCc1ccc(CC(=O)N[C@H]2CC(C)(C)Oc3ccc(C)cc32)cc1. The minimum atomic E-state index is -0.289. The smallest absolute Gasteiger partial charge is 0.224 e. The Labute approximate surface area is 150 Å². The van der Waals surface area contributed by atoms with Crippen LogP contribution in [0.15, 0.2) is 42.5 Å². The van der Waals surface area contributed by atoms with E-state index in [-0.39, 0.29) is 17.6 Å². The van der Waals surface area contributed by atoms with Gasteiger partial charge in [-0.25, -0.2) is 0 Å². The van der Waals surface area contributed by atoms with Gasteiger partial charge in [0.2, 0.25) is 5.91 Å². The molecule has 1 heterocycles. The predicted octanol–water partition coefficient (Wildman–Crippen LogP) is 4.52. The van der Waals surface area contributed by atoms with Gasteiger partial charge in [0.05, 0.1) is 12.5 Å². The third-order valence-corrected chi connectivity index (χ3v) is 4.75. The zero-order valence-electron chi connectivity index (χ0n) is 15.6. The number of benzene rings is 2. The van der Waals surface area contributed by atoms with E-state index in [1.54, 1.807) is 0 Å². The Bertz CT molecular complexity index is 762. The van der Waals surface area contributed by atoms with E-state index in [9.17, 15) is 4.79 Å². The van der Waals surface area contributed by atoms with Crippen molar-refractivity contribution in [2.75, 3.05) is 0 Å². The second-order valence-corrected chi connectivity index (χ2v) is 7.57. The van der Waals surface area contributed by atoms with E-state index in [1.165, 1.54) is 11.1 Å². The van der Waals surface area contributed by atoms with Crippen LogP contribution in [-0.2, 0) is 17.6 Å². The lowest BCUT2D eigenvalue weighted by Gasteiger charge is -2.38. The van der Waals surface area contributed by atoms with Gasteiger partial charge in [0.25, 0.3) is 0 Å². The molecular formula is C22H27NO2. The van der Waals surface area contributed by atoms with E-state index < -0.39 is 0 Å². The van der Waals surface area contributed by atoms with Crippen molar-refractivity contribution in [3.05, 3.63) is 64.7 Å². The summed E-state index contributed by atoms with van der Waals surface area (Å²) in [5, 5.41) is 3.22. The van der Waals surface area contributed by atoms with Crippen molar-refractivity contribution in [3.63, 3.8) is 0 Å². The molecular weight excluding hydrogens is 310 g/mol. The molecule has 3 nitrogen and oxygen atoms in total. The molecule has 1 aliphatic rings. The standard InChI is InChI=1S/C22H27NO2/c1-5-16-7-9-17(10-8-16)13-21(24)23-19-14-22(3,4)25-20-11-6-15(2)12-18(19)20/h6-12,19H,5,13-14H2,1-4H3,(H,23,24)/t19-/m0/s1. The van der Waals surface area contributed by atoms with Gasteiger partial charge in [-0.2, -0.15) is 0 Å². The van der Waals surface area contributed by atoms with Gasteiger partial charge in [0.1, 0.15) is 11.4 Å². The molecule has 132 valence electrons. The molecule has 25 heavy (non-hydrogen) atoms.